The van der Waals surface area contributed by atoms with Crippen LogP contribution in [0.2, 0.25) is 0 Å². The highest BCUT2D eigenvalue weighted by Gasteiger charge is 2.25. The predicted molar refractivity (Wildman–Crippen MR) is 281 cm³/mol. The molecular formula is C64H42N2. The lowest BCUT2D eigenvalue weighted by molar-refractivity contribution is 1.20. The monoisotopic (exact) mass is 838 g/mol. The number of aromatic nitrogens is 1. The van der Waals surface area contributed by atoms with Gasteiger partial charge in [0.2, 0.25) is 0 Å². The first kappa shape index (κ1) is 37.8. The fourth-order valence-electron chi connectivity index (χ4n) is 10.5. The lowest BCUT2D eigenvalue weighted by Crippen LogP contribution is -2.13. The van der Waals surface area contributed by atoms with E-state index in [1.807, 2.05) is 0 Å². The van der Waals surface area contributed by atoms with Crippen LogP contribution < -0.4 is 4.90 Å². The van der Waals surface area contributed by atoms with E-state index in [0.717, 1.165) is 44.9 Å². The molecule has 0 fully saturated rings. The predicted octanol–water partition coefficient (Wildman–Crippen LogP) is 17.8. The Labute approximate surface area is 383 Å². The second-order valence-corrected chi connectivity index (χ2v) is 17.2. The van der Waals surface area contributed by atoms with E-state index in [2.05, 4.69) is 264 Å². The standard InChI is InChI=1S/C64H42N2/c1-4-16-43(17-5-1)44-30-32-45(33-31-44)50-22-14-23-51(42-50)65(64-52(46-18-6-2-7-19-46)26-15-27-53(64)47-20-8-3-9-21-47)60-40-36-48-35-39-57-61(41-37-49-34-38-56(60)62(48)63(49)57)66-58-28-12-10-24-54(58)55-25-11-13-29-59(55)66/h1-42H. The average molecular weight is 839 g/mol. The summed E-state index contributed by atoms with van der Waals surface area (Å²) in [4.78, 5) is 2.53. The van der Waals surface area contributed by atoms with Crippen LogP contribution in [0.1, 0.15) is 0 Å². The maximum atomic E-state index is 2.53. The van der Waals surface area contributed by atoms with Crippen LogP contribution >= 0.6 is 0 Å². The molecule has 0 saturated carbocycles. The van der Waals surface area contributed by atoms with Gasteiger partial charge in [-0.05, 0) is 91.3 Å². The molecule has 0 amide bonds. The summed E-state index contributed by atoms with van der Waals surface area (Å²) in [6, 6.07) is 93.4. The quantitative estimate of drug-likeness (QED) is 0.138. The van der Waals surface area contributed by atoms with Gasteiger partial charge >= 0.3 is 0 Å². The largest absolute Gasteiger partial charge is 0.309 e. The van der Waals surface area contributed by atoms with Crippen LogP contribution in [0.15, 0.2) is 255 Å². The maximum absolute atomic E-state index is 2.53. The Morgan fingerprint density at radius 3 is 1.36 bits per heavy atom. The highest BCUT2D eigenvalue weighted by atomic mass is 15.1. The lowest BCUT2D eigenvalue weighted by Gasteiger charge is -2.32. The van der Waals surface area contributed by atoms with Crippen molar-refractivity contribution in [2.24, 2.45) is 0 Å². The smallest absolute Gasteiger partial charge is 0.0618 e. The van der Waals surface area contributed by atoms with Crippen LogP contribution in [0, 0.1) is 0 Å². The van der Waals surface area contributed by atoms with Crippen LogP contribution in [-0.4, -0.2) is 4.57 Å². The number of benzene rings is 12. The van der Waals surface area contributed by atoms with Crippen LogP contribution in [0.3, 0.4) is 0 Å². The zero-order valence-corrected chi connectivity index (χ0v) is 36.1. The Balaban J connectivity index is 1.09. The summed E-state index contributed by atoms with van der Waals surface area (Å²) in [6.07, 6.45) is 0. The summed E-state index contributed by atoms with van der Waals surface area (Å²) in [7, 11) is 0. The Kier molecular flexibility index (Phi) is 8.89. The number of para-hydroxylation sites is 3. The van der Waals surface area contributed by atoms with Crippen LogP contribution in [0.25, 0.3) is 104 Å². The van der Waals surface area contributed by atoms with Crippen molar-refractivity contribution in [2.45, 2.75) is 0 Å². The van der Waals surface area contributed by atoms with Crippen molar-refractivity contribution in [1.29, 1.82) is 0 Å². The van der Waals surface area contributed by atoms with Gasteiger partial charge in [-0.15, -0.1) is 0 Å². The Morgan fingerprint density at radius 2 is 0.742 bits per heavy atom. The third-order valence-corrected chi connectivity index (χ3v) is 13.5. The van der Waals surface area contributed by atoms with Gasteiger partial charge in [0.15, 0.2) is 0 Å². The average Bonchev–Trinajstić information content (AvgIpc) is 3.73. The van der Waals surface area contributed by atoms with E-state index in [1.54, 1.807) is 0 Å². The minimum absolute atomic E-state index is 1.08. The van der Waals surface area contributed by atoms with Crippen molar-refractivity contribution in [1.82, 2.24) is 4.57 Å². The molecule has 0 unspecified atom stereocenters. The van der Waals surface area contributed by atoms with Crippen LogP contribution in [-0.2, 0) is 0 Å². The van der Waals surface area contributed by atoms with Gasteiger partial charge in [-0.3, -0.25) is 0 Å². The summed E-state index contributed by atoms with van der Waals surface area (Å²) in [5.41, 5.74) is 16.3. The molecule has 1 aromatic heterocycles. The first-order valence-corrected chi connectivity index (χ1v) is 22.8. The number of rotatable bonds is 8. The van der Waals surface area contributed by atoms with E-state index in [-0.39, 0.29) is 0 Å². The summed E-state index contributed by atoms with van der Waals surface area (Å²) < 4.78 is 2.46. The van der Waals surface area contributed by atoms with Gasteiger partial charge in [0, 0.05) is 38.4 Å². The third kappa shape index (κ3) is 6.11. The minimum atomic E-state index is 1.08. The lowest BCUT2D eigenvalue weighted by atomic mass is 9.90. The molecule has 13 aromatic rings. The van der Waals surface area contributed by atoms with Crippen molar-refractivity contribution in [3.05, 3.63) is 255 Å². The molecule has 0 bridgehead atoms. The number of hydrogen-bond acceptors (Lipinski definition) is 1. The molecule has 0 saturated heterocycles. The van der Waals surface area contributed by atoms with Gasteiger partial charge in [0.05, 0.1) is 28.1 Å². The molecule has 0 aliphatic carbocycles. The maximum Gasteiger partial charge on any atom is 0.0618 e. The molecule has 13 rings (SSSR count). The van der Waals surface area contributed by atoms with E-state index >= 15 is 0 Å². The van der Waals surface area contributed by atoms with Gasteiger partial charge in [-0.1, -0.05) is 218 Å². The van der Waals surface area contributed by atoms with Crippen molar-refractivity contribution >= 4 is 71.2 Å². The summed E-state index contributed by atoms with van der Waals surface area (Å²) >= 11 is 0. The molecule has 0 radical (unpaired) electrons. The van der Waals surface area contributed by atoms with E-state index < -0.39 is 0 Å². The second-order valence-electron chi connectivity index (χ2n) is 17.2. The van der Waals surface area contributed by atoms with Crippen LogP contribution in [0.4, 0.5) is 17.1 Å². The molecule has 66 heavy (non-hydrogen) atoms. The van der Waals surface area contributed by atoms with Crippen molar-refractivity contribution < 1.29 is 0 Å². The topological polar surface area (TPSA) is 8.17 Å². The molecule has 12 aromatic carbocycles. The molecule has 2 heteroatoms. The van der Waals surface area contributed by atoms with Crippen molar-refractivity contribution in [2.75, 3.05) is 4.90 Å². The van der Waals surface area contributed by atoms with Crippen molar-refractivity contribution in [3.63, 3.8) is 0 Å². The first-order chi connectivity index (χ1) is 32.8. The Bertz CT molecular complexity index is 3790. The molecule has 0 N–H and O–H groups in total. The van der Waals surface area contributed by atoms with Gasteiger partial charge in [0.25, 0.3) is 0 Å². The second kappa shape index (κ2) is 15.5. The zero-order chi connectivity index (χ0) is 43.6. The van der Waals surface area contributed by atoms with Crippen LogP contribution in [0.5, 0.6) is 0 Å². The fraction of sp³-hybridized carbons (Fsp3) is 0. The minimum Gasteiger partial charge on any atom is -0.309 e. The Morgan fingerprint density at radius 1 is 0.288 bits per heavy atom. The molecule has 0 aliphatic rings. The summed E-state index contributed by atoms with van der Waals surface area (Å²) in [6.45, 7) is 0. The molecule has 0 aliphatic heterocycles. The summed E-state index contributed by atoms with van der Waals surface area (Å²) in [5, 5.41) is 9.94. The van der Waals surface area contributed by atoms with Gasteiger partial charge in [-0.25, -0.2) is 0 Å². The number of fused-ring (bicyclic) bond motifs is 3. The van der Waals surface area contributed by atoms with Gasteiger partial charge in [0.1, 0.15) is 0 Å². The third-order valence-electron chi connectivity index (χ3n) is 13.5. The molecule has 0 spiro atoms. The molecule has 0 atom stereocenters. The highest BCUT2D eigenvalue weighted by molar-refractivity contribution is 6.28. The first-order valence-electron chi connectivity index (χ1n) is 22.8. The molecule has 1 heterocycles. The number of hydrogen-bond donors (Lipinski definition) is 0. The van der Waals surface area contributed by atoms with E-state index in [0.29, 0.717) is 0 Å². The molecular weight excluding hydrogens is 797 g/mol. The normalized spacial score (nSPS) is 11.6. The molecule has 2 nitrogen and oxygen atoms in total. The van der Waals surface area contributed by atoms with Gasteiger partial charge in [-0.2, -0.15) is 0 Å². The van der Waals surface area contributed by atoms with E-state index in [1.165, 1.54) is 76.5 Å². The molecule has 308 valence electrons. The Hall–Kier alpha value is -8.72. The van der Waals surface area contributed by atoms with E-state index in [9.17, 15) is 0 Å². The van der Waals surface area contributed by atoms with E-state index in [4.69, 9.17) is 0 Å². The zero-order valence-electron chi connectivity index (χ0n) is 36.1. The van der Waals surface area contributed by atoms with Crippen molar-refractivity contribution in [3.8, 4) is 50.2 Å². The SMILES string of the molecule is c1ccc(-c2ccc(-c3cccc(N(c4c(-c5ccccc5)cccc4-c4ccccc4)c4ccc5ccc6c(-n7c8ccccc8c8ccccc87)ccc7ccc4c5c76)c3)cc2)cc1. The fourth-order valence-corrected chi connectivity index (χ4v) is 10.5. The highest BCUT2D eigenvalue weighted by Crippen LogP contribution is 2.51. The number of nitrogens with zero attached hydrogens (tertiary/aromatic N) is 2. The summed E-state index contributed by atoms with van der Waals surface area (Å²) in [5.74, 6) is 0. The van der Waals surface area contributed by atoms with Gasteiger partial charge < -0.3 is 9.47 Å². The number of anilines is 3.